The molecule has 0 saturated heterocycles. The summed E-state index contributed by atoms with van der Waals surface area (Å²) in [7, 11) is 5.57. The van der Waals surface area contributed by atoms with Crippen molar-refractivity contribution in [3.63, 3.8) is 0 Å². The molecule has 0 aliphatic rings. The molecular weight excluding hydrogens is 164 g/mol. The highest BCUT2D eigenvalue weighted by molar-refractivity contribution is 6.09. The summed E-state index contributed by atoms with van der Waals surface area (Å²) < 4.78 is 0. The van der Waals surface area contributed by atoms with Gasteiger partial charge in [0.15, 0.2) is 0 Å². The second-order valence-electron chi connectivity index (χ2n) is 4.27. The minimum atomic E-state index is 0.408. The van der Waals surface area contributed by atoms with E-state index in [9.17, 15) is 0 Å². The topological polar surface area (TPSA) is 15.3 Å². The molecule has 12 heavy (non-hydrogen) atoms. The molecule has 74 valence electrons. The van der Waals surface area contributed by atoms with Crippen LogP contribution in [-0.4, -0.2) is 41.9 Å². The fourth-order valence-corrected chi connectivity index (χ4v) is 1.93. The van der Waals surface area contributed by atoms with Crippen LogP contribution in [-0.2, 0) is 0 Å². The van der Waals surface area contributed by atoms with Gasteiger partial charge >= 0.3 is 0 Å². The second kappa shape index (κ2) is 4.99. The maximum absolute atomic E-state index is 3.52. The Morgan fingerprint density at radius 1 is 1.42 bits per heavy atom. The monoisotopic (exact) mass is 188 g/mol. The van der Waals surface area contributed by atoms with Crippen molar-refractivity contribution in [2.24, 2.45) is 5.41 Å². The van der Waals surface area contributed by atoms with Crippen LogP contribution in [0.25, 0.3) is 0 Å². The summed E-state index contributed by atoms with van der Waals surface area (Å²) >= 11 is 0. The molecule has 0 rings (SSSR count). The van der Waals surface area contributed by atoms with E-state index in [1.54, 1.807) is 0 Å². The van der Waals surface area contributed by atoms with Crippen molar-refractivity contribution in [1.29, 1.82) is 0 Å². The van der Waals surface area contributed by atoms with Gasteiger partial charge in [0, 0.05) is 10.2 Å². The van der Waals surface area contributed by atoms with Gasteiger partial charge in [-0.2, -0.15) is 0 Å². The molecule has 0 aliphatic heterocycles. The molecule has 0 radical (unpaired) electrons. The van der Waals surface area contributed by atoms with Crippen LogP contribution in [0.5, 0.6) is 0 Å². The summed E-state index contributed by atoms with van der Waals surface area (Å²) in [6, 6.07) is 1.34. The Kier molecular flexibility index (Phi) is 5.05. The Hall–Kier alpha value is 0.137. The molecule has 2 nitrogen and oxygen atoms in total. The second-order valence-corrected chi connectivity index (χ2v) is 4.97. The number of hydrogen-bond donors (Lipinski definition) is 1. The maximum atomic E-state index is 3.52. The van der Waals surface area contributed by atoms with E-state index in [1.165, 1.54) is 16.3 Å². The van der Waals surface area contributed by atoms with Crippen molar-refractivity contribution in [2.75, 3.05) is 20.6 Å². The smallest absolute Gasteiger partial charge is 0.0641 e. The van der Waals surface area contributed by atoms with Crippen LogP contribution in [0.3, 0.4) is 0 Å². The van der Waals surface area contributed by atoms with Crippen molar-refractivity contribution < 1.29 is 0 Å². The van der Waals surface area contributed by atoms with Crippen LogP contribution in [0.2, 0.25) is 6.04 Å². The van der Waals surface area contributed by atoms with Crippen molar-refractivity contribution in [3.8, 4) is 0 Å². The fourth-order valence-electron chi connectivity index (χ4n) is 1.54. The molecule has 3 heteroatoms. The number of hydrogen-bond acceptors (Lipinski definition) is 2. The zero-order chi connectivity index (χ0) is 9.78. The van der Waals surface area contributed by atoms with Crippen molar-refractivity contribution in [2.45, 2.75) is 33.0 Å². The molecule has 0 amide bonds. The fraction of sp³-hybridized carbons (Fsp3) is 1.00. The molecule has 0 aromatic rings. The van der Waals surface area contributed by atoms with Gasteiger partial charge in [0.25, 0.3) is 0 Å². The molecule has 0 heterocycles. The Morgan fingerprint density at radius 3 is 2.17 bits per heavy atom. The normalized spacial score (nSPS) is 15.5. The lowest BCUT2D eigenvalue weighted by Crippen LogP contribution is -2.51. The summed E-state index contributed by atoms with van der Waals surface area (Å²) in [5, 5.41) is 3.52. The molecule has 1 unspecified atom stereocenters. The van der Waals surface area contributed by atoms with Crippen LogP contribution >= 0.6 is 0 Å². The van der Waals surface area contributed by atoms with Gasteiger partial charge in [-0.15, -0.1) is 0 Å². The molecule has 0 aliphatic carbocycles. The highest BCUT2D eigenvalue weighted by atomic mass is 28.1. The van der Waals surface area contributed by atoms with E-state index >= 15 is 0 Å². The predicted molar refractivity (Wildman–Crippen MR) is 59.7 cm³/mol. The summed E-state index contributed by atoms with van der Waals surface area (Å²) in [4.78, 5) is 2.28. The average molecular weight is 188 g/mol. The summed E-state index contributed by atoms with van der Waals surface area (Å²) in [5.41, 5.74) is 0.408. The van der Waals surface area contributed by atoms with Gasteiger partial charge in [0.1, 0.15) is 0 Å². The molecule has 0 saturated carbocycles. The highest BCUT2D eigenvalue weighted by Gasteiger charge is 2.28. The third-order valence-electron chi connectivity index (χ3n) is 2.57. The minimum absolute atomic E-state index is 0.408. The van der Waals surface area contributed by atoms with Gasteiger partial charge in [0.05, 0.1) is 6.17 Å². The maximum Gasteiger partial charge on any atom is 0.0641 e. The zero-order valence-corrected chi connectivity index (χ0v) is 11.4. The van der Waals surface area contributed by atoms with Gasteiger partial charge < -0.3 is 5.32 Å². The van der Waals surface area contributed by atoms with E-state index in [0.717, 1.165) is 6.54 Å². The van der Waals surface area contributed by atoms with Crippen LogP contribution < -0.4 is 5.32 Å². The lowest BCUT2D eigenvalue weighted by Gasteiger charge is -2.38. The molecule has 1 atom stereocenters. The summed E-state index contributed by atoms with van der Waals surface area (Å²) in [5.74, 6) is 0. The standard InChI is InChI=1S/C9H24N2Si/c1-6-10-8(11(4)5)9(2,3)7-12/h8,10H,6-7H2,1-5,12H3. The largest absolute Gasteiger partial charge is 0.302 e. The number of nitrogens with zero attached hydrogens (tertiary/aromatic N) is 1. The molecule has 0 bridgehead atoms. The molecular formula is C9H24N2Si. The SMILES string of the molecule is CCNC(N(C)C)C(C)(C)C[SiH3]. The van der Waals surface area contributed by atoms with Crippen molar-refractivity contribution in [1.82, 2.24) is 10.2 Å². The van der Waals surface area contributed by atoms with E-state index in [2.05, 4.69) is 45.1 Å². The number of nitrogens with one attached hydrogen (secondary N) is 1. The van der Waals surface area contributed by atoms with Crippen molar-refractivity contribution in [3.05, 3.63) is 0 Å². The van der Waals surface area contributed by atoms with Crippen LogP contribution in [0.15, 0.2) is 0 Å². The quantitative estimate of drug-likeness (QED) is 0.493. The van der Waals surface area contributed by atoms with Gasteiger partial charge in [0.2, 0.25) is 0 Å². The highest BCUT2D eigenvalue weighted by Crippen LogP contribution is 2.25. The number of rotatable bonds is 5. The zero-order valence-electron chi connectivity index (χ0n) is 9.44. The Bertz CT molecular complexity index is 124. The van der Waals surface area contributed by atoms with Crippen molar-refractivity contribution >= 4 is 10.2 Å². The van der Waals surface area contributed by atoms with Gasteiger partial charge in [-0.3, -0.25) is 4.90 Å². The van der Waals surface area contributed by atoms with Crippen LogP contribution in [0.1, 0.15) is 20.8 Å². The predicted octanol–water partition coefficient (Wildman–Crippen LogP) is 0.293. The van der Waals surface area contributed by atoms with E-state index in [0.29, 0.717) is 11.6 Å². The summed E-state index contributed by atoms with van der Waals surface area (Å²) in [6.07, 6.45) is 0.514. The molecule has 0 fully saturated rings. The first kappa shape index (κ1) is 12.1. The molecule has 0 aromatic carbocycles. The van der Waals surface area contributed by atoms with Crippen LogP contribution in [0, 0.1) is 5.41 Å². The third-order valence-corrected chi connectivity index (χ3v) is 4.39. The molecule has 0 aromatic heterocycles. The minimum Gasteiger partial charge on any atom is -0.302 e. The first-order valence-electron chi connectivity index (χ1n) is 4.85. The first-order valence-corrected chi connectivity index (χ1v) is 6.27. The lowest BCUT2D eigenvalue weighted by atomic mass is 9.91. The lowest BCUT2D eigenvalue weighted by molar-refractivity contribution is 0.121. The van der Waals surface area contributed by atoms with Crippen LogP contribution in [0.4, 0.5) is 0 Å². The van der Waals surface area contributed by atoms with Gasteiger partial charge in [-0.25, -0.2) is 0 Å². The Morgan fingerprint density at radius 2 is 1.92 bits per heavy atom. The first-order chi connectivity index (χ1) is 5.45. The Balaban J connectivity index is 4.27. The third kappa shape index (κ3) is 3.25. The average Bonchev–Trinajstić information content (AvgIpc) is 1.99. The van der Waals surface area contributed by atoms with Gasteiger partial charge in [-0.05, 0) is 26.1 Å². The van der Waals surface area contributed by atoms with E-state index in [4.69, 9.17) is 0 Å². The molecule has 1 N–H and O–H groups in total. The van der Waals surface area contributed by atoms with E-state index < -0.39 is 0 Å². The summed E-state index contributed by atoms with van der Waals surface area (Å²) in [6.45, 7) is 7.90. The van der Waals surface area contributed by atoms with Gasteiger partial charge in [-0.1, -0.05) is 26.8 Å². The Labute approximate surface area is 80.1 Å². The van der Waals surface area contributed by atoms with E-state index in [1.807, 2.05) is 0 Å². The molecule has 0 spiro atoms. The van der Waals surface area contributed by atoms with E-state index in [-0.39, 0.29) is 0 Å².